The molecule has 76 valence electrons. The van der Waals surface area contributed by atoms with Crippen LogP contribution in [0.1, 0.15) is 19.5 Å². The second-order valence-electron chi connectivity index (χ2n) is 3.62. The van der Waals surface area contributed by atoms with Crippen LogP contribution in [-0.4, -0.2) is 15.3 Å². The predicted molar refractivity (Wildman–Crippen MR) is 53.1 cm³/mol. The molecule has 0 N–H and O–H groups in total. The Balaban J connectivity index is 2.88. The SMILES string of the molecule is Cc1cc(=O)n(CC(=O)C(C)C)cn1. The molecular formula is C10H14N2O2. The molecule has 0 amide bonds. The lowest BCUT2D eigenvalue weighted by atomic mass is 10.1. The van der Waals surface area contributed by atoms with Crippen molar-refractivity contribution in [3.8, 4) is 0 Å². The van der Waals surface area contributed by atoms with E-state index in [1.54, 1.807) is 6.92 Å². The van der Waals surface area contributed by atoms with Crippen LogP contribution in [0.2, 0.25) is 0 Å². The van der Waals surface area contributed by atoms with Gasteiger partial charge in [0.05, 0.1) is 12.9 Å². The Morgan fingerprint density at radius 1 is 1.57 bits per heavy atom. The summed E-state index contributed by atoms with van der Waals surface area (Å²) in [5, 5.41) is 0. The highest BCUT2D eigenvalue weighted by molar-refractivity contribution is 5.80. The molecule has 0 aliphatic heterocycles. The Morgan fingerprint density at radius 3 is 2.71 bits per heavy atom. The van der Waals surface area contributed by atoms with Gasteiger partial charge in [0.25, 0.3) is 5.56 Å². The van der Waals surface area contributed by atoms with E-state index < -0.39 is 0 Å². The van der Waals surface area contributed by atoms with E-state index in [1.165, 1.54) is 17.0 Å². The first-order valence-electron chi connectivity index (χ1n) is 4.56. The molecule has 1 aromatic rings. The number of Topliss-reactive ketones (excluding diaryl/α,β-unsaturated/α-hetero) is 1. The molecule has 0 radical (unpaired) electrons. The van der Waals surface area contributed by atoms with Crippen molar-refractivity contribution in [2.75, 3.05) is 0 Å². The van der Waals surface area contributed by atoms with E-state index in [1.807, 2.05) is 13.8 Å². The molecule has 0 aliphatic carbocycles. The molecule has 0 spiro atoms. The van der Waals surface area contributed by atoms with Crippen molar-refractivity contribution < 1.29 is 4.79 Å². The van der Waals surface area contributed by atoms with Gasteiger partial charge in [0.2, 0.25) is 0 Å². The number of aromatic nitrogens is 2. The number of carbonyl (C=O) groups excluding carboxylic acids is 1. The molecule has 4 nitrogen and oxygen atoms in total. The van der Waals surface area contributed by atoms with Gasteiger partial charge in [-0.25, -0.2) is 4.98 Å². The third kappa shape index (κ3) is 2.52. The van der Waals surface area contributed by atoms with E-state index in [0.29, 0.717) is 5.69 Å². The Hall–Kier alpha value is -1.45. The van der Waals surface area contributed by atoms with Gasteiger partial charge in [0.15, 0.2) is 5.78 Å². The van der Waals surface area contributed by atoms with Crippen LogP contribution in [0.3, 0.4) is 0 Å². The summed E-state index contributed by atoms with van der Waals surface area (Å²) < 4.78 is 1.33. The number of nitrogens with zero attached hydrogens (tertiary/aromatic N) is 2. The largest absolute Gasteiger partial charge is 0.297 e. The van der Waals surface area contributed by atoms with Gasteiger partial charge < -0.3 is 0 Å². The number of hydrogen-bond acceptors (Lipinski definition) is 3. The van der Waals surface area contributed by atoms with Gasteiger partial charge in [-0.05, 0) is 6.92 Å². The van der Waals surface area contributed by atoms with Gasteiger partial charge in [-0.3, -0.25) is 14.2 Å². The fraction of sp³-hybridized carbons (Fsp3) is 0.500. The van der Waals surface area contributed by atoms with Gasteiger partial charge in [-0.15, -0.1) is 0 Å². The molecule has 0 unspecified atom stereocenters. The molecule has 1 heterocycles. The quantitative estimate of drug-likeness (QED) is 0.714. The van der Waals surface area contributed by atoms with E-state index in [4.69, 9.17) is 0 Å². The van der Waals surface area contributed by atoms with Crippen molar-refractivity contribution in [2.45, 2.75) is 27.3 Å². The molecule has 14 heavy (non-hydrogen) atoms. The highest BCUT2D eigenvalue weighted by atomic mass is 16.1. The molecule has 4 heteroatoms. The average molecular weight is 194 g/mol. The van der Waals surface area contributed by atoms with E-state index in [0.717, 1.165) is 0 Å². The highest BCUT2D eigenvalue weighted by Gasteiger charge is 2.08. The van der Waals surface area contributed by atoms with Crippen LogP contribution in [-0.2, 0) is 11.3 Å². The van der Waals surface area contributed by atoms with E-state index in [9.17, 15) is 9.59 Å². The summed E-state index contributed by atoms with van der Waals surface area (Å²) in [6.07, 6.45) is 1.41. The maximum absolute atomic E-state index is 11.4. The molecule has 0 saturated heterocycles. The number of carbonyl (C=O) groups is 1. The summed E-state index contributed by atoms with van der Waals surface area (Å²) in [7, 11) is 0. The maximum atomic E-state index is 11.4. The van der Waals surface area contributed by atoms with Crippen LogP contribution in [0.4, 0.5) is 0 Å². The standard InChI is InChI=1S/C10H14N2O2/c1-7(2)9(13)5-12-6-11-8(3)4-10(12)14/h4,6-7H,5H2,1-3H3. The molecule has 0 bridgehead atoms. The number of aryl methyl sites for hydroxylation is 1. The second-order valence-corrected chi connectivity index (χ2v) is 3.62. The fourth-order valence-electron chi connectivity index (χ4n) is 0.986. The Bertz CT molecular complexity index is 393. The first kappa shape index (κ1) is 10.6. The van der Waals surface area contributed by atoms with Crippen LogP contribution < -0.4 is 5.56 Å². The Kier molecular flexibility index (Phi) is 3.17. The van der Waals surface area contributed by atoms with Crippen molar-refractivity contribution >= 4 is 5.78 Å². The molecule has 0 saturated carbocycles. The van der Waals surface area contributed by atoms with Crippen LogP contribution in [0.15, 0.2) is 17.2 Å². The predicted octanol–water partition coefficient (Wildman–Crippen LogP) is 0.777. The van der Waals surface area contributed by atoms with Gasteiger partial charge in [-0.2, -0.15) is 0 Å². The third-order valence-electron chi connectivity index (χ3n) is 1.99. The van der Waals surface area contributed by atoms with Gasteiger partial charge >= 0.3 is 0 Å². The molecule has 0 aromatic carbocycles. The van der Waals surface area contributed by atoms with Gasteiger partial charge in [0.1, 0.15) is 0 Å². The zero-order chi connectivity index (χ0) is 10.7. The van der Waals surface area contributed by atoms with E-state index in [2.05, 4.69) is 4.98 Å². The van der Waals surface area contributed by atoms with E-state index >= 15 is 0 Å². The monoisotopic (exact) mass is 194 g/mol. The fourth-order valence-corrected chi connectivity index (χ4v) is 0.986. The van der Waals surface area contributed by atoms with Crippen molar-refractivity contribution in [3.05, 3.63) is 28.4 Å². The van der Waals surface area contributed by atoms with Crippen molar-refractivity contribution in [3.63, 3.8) is 0 Å². The smallest absolute Gasteiger partial charge is 0.253 e. The zero-order valence-corrected chi connectivity index (χ0v) is 8.65. The summed E-state index contributed by atoms with van der Waals surface area (Å²) >= 11 is 0. The summed E-state index contributed by atoms with van der Waals surface area (Å²) in [6, 6.07) is 1.42. The topological polar surface area (TPSA) is 52.0 Å². The lowest BCUT2D eigenvalue weighted by Crippen LogP contribution is -2.26. The molecule has 0 atom stereocenters. The summed E-state index contributed by atoms with van der Waals surface area (Å²) in [5.41, 5.74) is 0.495. The Labute approximate surface area is 82.6 Å². The molecule has 0 aliphatic rings. The first-order valence-corrected chi connectivity index (χ1v) is 4.56. The molecule has 1 aromatic heterocycles. The van der Waals surface area contributed by atoms with Gasteiger partial charge in [0, 0.05) is 17.7 Å². The van der Waals surface area contributed by atoms with Crippen molar-refractivity contribution in [1.29, 1.82) is 0 Å². The van der Waals surface area contributed by atoms with Crippen molar-refractivity contribution in [2.24, 2.45) is 5.92 Å². The van der Waals surface area contributed by atoms with Crippen LogP contribution in [0, 0.1) is 12.8 Å². The minimum atomic E-state index is -0.175. The lowest BCUT2D eigenvalue weighted by Gasteiger charge is -2.06. The third-order valence-corrected chi connectivity index (χ3v) is 1.99. The van der Waals surface area contributed by atoms with Gasteiger partial charge in [-0.1, -0.05) is 13.8 Å². The molecule has 0 fully saturated rings. The van der Waals surface area contributed by atoms with Crippen LogP contribution >= 0.6 is 0 Å². The minimum absolute atomic E-state index is 0.0396. The lowest BCUT2D eigenvalue weighted by molar-refractivity contribution is -0.122. The second kappa shape index (κ2) is 4.17. The summed E-state index contributed by atoms with van der Waals surface area (Å²) in [5.74, 6) is -0.0130. The van der Waals surface area contributed by atoms with Crippen LogP contribution in [0.5, 0.6) is 0 Å². The van der Waals surface area contributed by atoms with Crippen molar-refractivity contribution in [1.82, 2.24) is 9.55 Å². The minimum Gasteiger partial charge on any atom is -0.297 e. The van der Waals surface area contributed by atoms with E-state index in [-0.39, 0.29) is 23.8 Å². The molecular weight excluding hydrogens is 180 g/mol. The summed E-state index contributed by atoms with van der Waals surface area (Å²) in [4.78, 5) is 26.7. The number of rotatable bonds is 3. The zero-order valence-electron chi connectivity index (χ0n) is 8.65. The average Bonchev–Trinajstić information content (AvgIpc) is 2.09. The highest BCUT2D eigenvalue weighted by Crippen LogP contribution is 1.96. The first-order chi connectivity index (χ1) is 6.50. The molecule has 1 rings (SSSR count). The maximum Gasteiger partial charge on any atom is 0.253 e. The summed E-state index contributed by atoms with van der Waals surface area (Å²) in [6.45, 7) is 5.49. The normalized spacial score (nSPS) is 10.6. The number of hydrogen-bond donors (Lipinski definition) is 0. The Morgan fingerprint density at radius 2 is 2.21 bits per heavy atom. The van der Waals surface area contributed by atoms with Crippen LogP contribution in [0.25, 0.3) is 0 Å². The number of ketones is 1.